The Balaban J connectivity index is 1.70. The van der Waals surface area contributed by atoms with Crippen molar-refractivity contribution in [1.29, 1.82) is 0 Å². The first-order valence-electron chi connectivity index (χ1n) is 13.1. The number of ketones is 1. The second-order valence-corrected chi connectivity index (χ2v) is 11.0. The molecule has 3 atom stereocenters. The van der Waals surface area contributed by atoms with Crippen LogP contribution in [0.2, 0.25) is 0 Å². The summed E-state index contributed by atoms with van der Waals surface area (Å²) in [6, 6.07) is 9.78. The molecule has 0 aromatic heterocycles. The maximum absolute atomic E-state index is 14.4. The minimum atomic E-state index is -1.32. The number of rotatable bonds is 10. The van der Waals surface area contributed by atoms with Crippen molar-refractivity contribution in [3.63, 3.8) is 0 Å². The minimum absolute atomic E-state index is 0.257. The quantitative estimate of drug-likeness (QED) is 0.363. The molecule has 10 heteroatoms. The van der Waals surface area contributed by atoms with Crippen molar-refractivity contribution in [2.24, 2.45) is 11.7 Å². The molecular formula is C29H35F2N3O5. The van der Waals surface area contributed by atoms with Gasteiger partial charge in [-0.2, -0.15) is 0 Å². The first-order chi connectivity index (χ1) is 18.5. The van der Waals surface area contributed by atoms with Crippen LogP contribution in [-0.4, -0.2) is 54.0 Å². The van der Waals surface area contributed by atoms with Gasteiger partial charge in [-0.05, 0) is 63.0 Å². The second-order valence-electron chi connectivity index (χ2n) is 11.0. The molecule has 1 saturated heterocycles. The number of ether oxygens (including phenoxy) is 1. The molecule has 0 saturated carbocycles. The van der Waals surface area contributed by atoms with Crippen molar-refractivity contribution < 1.29 is 33.0 Å². The zero-order valence-electron chi connectivity index (χ0n) is 22.1. The summed E-state index contributed by atoms with van der Waals surface area (Å²) in [4.78, 5) is 39.3. The molecule has 0 radical (unpaired) electrons. The zero-order valence-corrected chi connectivity index (χ0v) is 22.1. The largest absolute Gasteiger partial charge is 0.481 e. The van der Waals surface area contributed by atoms with E-state index in [0.717, 1.165) is 23.3 Å². The normalized spacial score (nSPS) is 20.8. The molecule has 1 spiro atoms. The highest BCUT2D eigenvalue weighted by Crippen LogP contribution is 2.56. The van der Waals surface area contributed by atoms with E-state index >= 15 is 0 Å². The number of halogens is 2. The van der Waals surface area contributed by atoms with Crippen molar-refractivity contribution in [3.8, 4) is 0 Å². The van der Waals surface area contributed by atoms with Crippen LogP contribution in [0.4, 0.5) is 8.78 Å². The number of carbonyl (C=O) groups excluding carboxylic acids is 2. The number of nitrogens with two attached hydrogens (primary N) is 1. The van der Waals surface area contributed by atoms with Crippen LogP contribution in [0.25, 0.3) is 0 Å². The van der Waals surface area contributed by atoms with Gasteiger partial charge in [0.2, 0.25) is 5.91 Å². The molecular weight excluding hydrogens is 508 g/mol. The fourth-order valence-corrected chi connectivity index (χ4v) is 6.05. The third-order valence-electron chi connectivity index (χ3n) is 7.92. The number of Topliss-reactive ketones (excluding diaryl/α,β-unsaturated/α-hetero) is 1. The molecule has 2 aromatic rings. The van der Waals surface area contributed by atoms with Crippen LogP contribution in [0.1, 0.15) is 55.7 Å². The van der Waals surface area contributed by atoms with Gasteiger partial charge in [0.1, 0.15) is 17.7 Å². The number of aliphatic carboxylic acids is 1. The van der Waals surface area contributed by atoms with Gasteiger partial charge in [-0.3, -0.25) is 14.4 Å². The molecule has 8 nitrogen and oxygen atoms in total. The standard InChI is InChI=1S/C29H35F2N3O5/c1-28(2,32)27(38)34-23(16-39-15-19-21(30)8-5-9-22(19)31)26(37)25-18(14-24(35)36)17-6-3-4-7-20(17)29(25)10-12-33-13-11-29/h3-9,18,23,25,33H,10-16,32H2,1-2H3,(H,34,38)(H,35,36)/t18?,23-,25+/m1/s1. The highest BCUT2D eigenvalue weighted by Gasteiger charge is 2.56. The lowest BCUT2D eigenvalue weighted by atomic mass is 9.64. The van der Waals surface area contributed by atoms with Crippen LogP contribution in [0.5, 0.6) is 0 Å². The first-order valence-corrected chi connectivity index (χ1v) is 13.1. The zero-order chi connectivity index (χ0) is 28.4. The molecule has 1 heterocycles. The monoisotopic (exact) mass is 543 g/mol. The average molecular weight is 544 g/mol. The van der Waals surface area contributed by atoms with E-state index in [-0.39, 0.29) is 24.4 Å². The Labute approximate surface area is 226 Å². The van der Waals surface area contributed by atoms with Crippen LogP contribution >= 0.6 is 0 Å². The number of nitrogens with one attached hydrogen (secondary N) is 2. The summed E-state index contributed by atoms with van der Waals surface area (Å²) in [6.07, 6.45) is 0.967. The maximum Gasteiger partial charge on any atom is 0.303 e. The number of fused-ring (bicyclic) bond motifs is 2. The summed E-state index contributed by atoms with van der Waals surface area (Å²) < 4.78 is 34.0. The number of benzene rings is 2. The SMILES string of the molecule is CC(C)(N)C(=O)N[C@H](COCc1c(F)cccc1F)C(=O)[C@@H]1C(CC(=O)O)c2ccccc2C12CCNCC2. The van der Waals surface area contributed by atoms with Gasteiger partial charge in [0.15, 0.2) is 5.78 Å². The molecule has 1 aliphatic carbocycles. The van der Waals surface area contributed by atoms with Gasteiger partial charge in [0, 0.05) is 22.8 Å². The summed E-state index contributed by atoms with van der Waals surface area (Å²) >= 11 is 0. The molecule has 1 unspecified atom stereocenters. The Kier molecular flexibility index (Phi) is 8.48. The lowest BCUT2D eigenvalue weighted by Gasteiger charge is -2.42. The lowest BCUT2D eigenvalue weighted by Crippen LogP contribution is -2.58. The number of carboxylic acid groups (broad SMARTS) is 1. The van der Waals surface area contributed by atoms with Crippen LogP contribution in [0.3, 0.4) is 0 Å². The molecule has 210 valence electrons. The Morgan fingerprint density at radius 1 is 1.13 bits per heavy atom. The molecule has 5 N–H and O–H groups in total. The van der Waals surface area contributed by atoms with E-state index in [1.807, 2.05) is 24.3 Å². The summed E-state index contributed by atoms with van der Waals surface area (Å²) in [7, 11) is 0. The topological polar surface area (TPSA) is 131 Å². The Bertz CT molecular complexity index is 1220. The van der Waals surface area contributed by atoms with Crippen LogP contribution in [-0.2, 0) is 31.1 Å². The Morgan fingerprint density at radius 3 is 2.38 bits per heavy atom. The van der Waals surface area contributed by atoms with Crippen LogP contribution < -0.4 is 16.4 Å². The molecule has 0 bridgehead atoms. The predicted molar refractivity (Wildman–Crippen MR) is 140 cm³/mol. The lowest BCUT2D eigenvalue weighted by molar-refractivity contribution is -0.139. The second kappa shape index (κ2) is 11.5. The summed E-state index contributed by atoms with van der Waals surface area (Å²) in [5, 5.41) is 15.8. The van der Waals surface area contributed by atoms with Crippen molar-refractivity contribution in [3.05, 3.63) is 70.8 Å². The summed E-state index contributed by atoms with van der Waals surface area (Å²) in [5.74, 6) is -4.96. The molecule has 4 rings (SSSR count). The highest BCUT2D eigenvalue weighted by molar-refractivity contribution is 5.95. The number of piperidine rings is 1. The van der Waals surface area contributed by atoms with Gasteiger partial charge in [0.05, 0.1) is 25.2 Å². The van der Waals surface area contributed by atoms with E-state index in [2.05, 4.69) is 10.6 Å². The molecule has 2 aromatic carbocycles. The number of hydrogen-bond acceptors (Lipinski definition) is 6. The molecule has 2 aliphatic rings. The molecule has 1 aliphatic heterocycles. The van der Waals surface area contributed by atoms with Crippen molar-refractivity contribution in [2.75, 3.05) is 19.7 Å². The predicted octanol–water partition coefficient (Wildman–Crippen LogP) is 2.78. The van der Waals surface area contributed by atoms with E-state index in [9.17, 15) is 28.3 Å². The van der Waals surface area contributed by atoms with Crippen molar-refractivity contribution >= 4 is 17.7 Å². The third kappa shape index (κ3) is 5.88. The van der Waals surface area contributed by atoms with E-state index in [4.69, 9.17) is 10.5 Å². The van der Waals surface area contributed by atoms with Gasteiger partial charge < -0.3 is 26.2 Å². The fourth-order valence-electron chi connectivity index (χ4n) is 6.05. The minimum Gasteiger partial charge on any atom is -0.481 e. The van der Waals surface area contributed by atoms with E-state index in [0.29, 0.717) is 25.9 Å². The highest BCUT2D eigenvalue weighted by atomic mass is 19.1. The van der Waals surface area contributed by atoms with E-state index in [1.54, 1.807) is 0 Å². The smallest absolute Gasteiger partial charge is 0.303 e. The number of carbonyl (C=O) groups is 3. The fraction of sp³-hybridized carbons (Fsp3) is 0.483. The number of carboxylic acids is 1. The third-order valence-corrected chi connectivity index (χ3v) is 7.92. The Morgan fingerprint density at radius 2 is 1.77 bits per heavy atom. The number of hydrogen-bond donors (Lipinski definition) is 4. The number of amides is 1. The van der Waals surface area contributed by atoms with Gasteiger partial charge in [-0.25, -0.2) is 8.78 Å². The van der Waals surface area contributed by atoms with E-state index < -0.39 is 58.9 Å². The van der Waals surface area contributed by atoms with Crippen LogP contribution in [0, 0.1) is 17.6 Å². The first kappa shape index (κ1) is 28.8. The van der Waals surface area contributed by atoms with E-state index in [1.165, 1.54) is 19.9 Å². The molecule has 1 fully saturated rings. The van der Waals surface area contributed by atoms with Crippen molar-refractivity contribution in [1.82, 2.24) is 10.6 Å². The van der Waals surface area contributed by atoms with Gasteiger partial charge in [-0.1, -0.05) is 30.3 Å². The maximum atomic E-state index is 14.4. The van der Waals surface area contributed by atoms with Gasteiger partial charge in [-0.15, -0.1) is 0 Å². The Hall–Kier alpha value is -3.21. The summed E-state index contributed by atoms with van der Waals surface area (Å²) in [6.45, 7) is 3.46. The summed E-state index contributed by atoms with van der Waals surface area (Å²) in [5.41, 5.74) is 5.53. The van der Waals surface area contributed by atoms with Crippen LogP contribution in [0.15, 0.2) is 42.5 Å². The molecule has 1 amide bonds. The van der Waals surface area contributed by atoms with Crippen molar-refractivity contribution in [2.45, 2.75) is 62.6 Å². The average Bonchev–Trinajstić information content (AvgIpc) is 3.12. The van der Waals surface area contributed by atoms with Gasteiger partial charge >= 0.3 is 5.97 Å². The molecule has 39 heavy (non-hydrogen) atoms. The van der Waals surface area contributed by atoms with Gasteiger partial charge in [0.25, 0.3) is 0 Å².